The molecule has 2 aromatic carbocycles. The fourth-order valence-corrected chi connectivity index (χ4v) is 2.00. The van der Waals surface area contributed by atoms with Gasteiger partial charge in [-0.25, -0.2) is 0 Å². The Morgan fingerprint density at radius 1 is 1.00 bits per heavy atom. The third kappa shape index (κ3) is 4.93. The summed E-state index contributed by atoms with van der Waals surface area (Å²) in [6, 6.07) is 17.9. The van der Waals surface area contributed by atoms with E-state index in [9.17, 15) is 0 Å². The Balaban J connectivity index is 1.73. The van der Waals surface area contributed by atoms with E-state index in [1.807, 2.05) is 42.4 Å². The minimum Gasteiger partial charge on any atom is -0.406 e. The molecule has 100 valence electrons. The van der Waals surface area contributed by atoms with Crippen molar-refractivity contribution in [1.29, 1.82) is 0 Å². The van der Waals surface area contributed by atoms with Crippen LogP contribution in [0.25, 0.3) is 0 Å². The van der Waals surface area contributed by atoms with Crippen molar-refractivity contribution in [2.75, 3.05) is 13.6 Å². The maximum absolute atomic E-state index is 5.83. The van der Waals surface area contributed by atoms with Gasteiger partial charge in [0.2, 0.25) is 0 Å². The lowest BCUT2D eigenvalue weighted by Gasteiger charge is -2.17. The van der Waals surface area contributed by atoms with E-state index in [2.05, 4.69) is 24.3 Å². The average Bonchev–Trinajstić information content (AvgIpc) is 2.43. The Kier molecular flexibility index (Phi) is 5.25. The molecule has 0 heterocycles. The van der Waals surface area contributed by atoms with E-state index in [-0.39, 0.29) is 0 Å². The molecular formula is C16H18ClNO. The van der Waals surface area contributed by atoms with Crippen molar-refractivity contribution < 1.29 is 4.84 Å². The number of aryl methyl sites for hydroxylation is 1. The number of nitrogens with zero attached hydrogens (tertiary/aromatic N) is 1. The van der Waals surface area contributed by atoms with Gasteiger partial charge in [0.25, 0.3) is 0 Å². The molecule has 2 nitrogen and oxygen atoms in total. The molecule has 0 aliphatic heterocycles. The van der Waals surface area contributed by atoms with E-state index in [0.717, 1.165) is 30.2 Å². The summed E-state index contributed by atoms with van der Waals surface area (Å²) in [5, 5.41) is 2.57. The summed E-state index contributed by atoms with van der Waals surface area (Å²) >= 11 is 5.83. The quantitative estimate of drug-likeness (QED) is 0.733. The molecule has 0 saturated heterocycles. The van der Waals surface area contributed by atoms with Crippen LogP contribution < -0.4 is 4.84 Å². The van der Waals surface area contributed by atoms with Crippen molar-refractivity contribution in [3.8, 4) is 5.75 Å². The summed E-state index contributed by atoms with van der Waals surface area (Å²) in [5.41, 5.74) is 1.36. The molecule has 0 fully saturated rings. The molecule has 0 aromatic heterocycles. The minimum absolute atomic E-state index is 0.721. The van der Waals surface area contributed by atoms with Gasteiger partial charge in [0.1, 0.15) is 5.75 Å². The molecule has 0 bridgehead atoms. The average molecular weight is 276 g/mol. The predicted molar refractivity (Wildman–Crippen MR) is 79.5 cm³/mol. The highest BCUT2D eigenvalue weighted by Gasteiger charge is 2.01. The van der Waals surface area contributed by atoms with Crippen LogP contribution in [-0.2, 0) is 6.42 Å². The predicted octanol–water partition coefficient (Wildman–Crippen LogP) is 4.20. The molecule has 0 radical (unpaired) electrons. The first-order chi connectivity index (χ1) is 9.24. The van der Waals surface area contributed by atoms with E-state index in [1.54, 1.807) is 0 Å². The maximum atomic E-state index is 5.83. The number of rotatable bonds is 6. The zero-order valence-electron chi connectivity index (χ0n) is 11.1. The summed E-state index contributed by atoms with van der Waals surface area (Å²) in [7, 11) is 1.94. The van der Waals surface area contributed by atoms with Gasteiger partial charge in [-0.05, 0) is 42.7 Å². The highest BCUT2D eigenvalue weighted by Crippen LogP contribution is 2.16. The van der Waals surface area contributed by atoms with Crippen LogP contribution in [0.2, 0.25) is 5.02 Å². The molecule has 0 aliphatic carbocycles. The first-order valence-electron chi connectivity index (χ1n) is 6.42. The van der Waals surface area contributed by atoms with Gasteiger partial charge in [0, 0.05) is 18.6 Å². The van der Waals surface area contributed by atoms with E-state index in [0.29, 0.717) is 0 Å². The lowest BCUT2D eigenvalue weighted by Crippen LogP contribution is -2.24. The molecule has 0 aliphatic rings. The van der Waals surface area contributed by atoms with Crippen LogP contribution in [0.3, 0.4) is 0 Å². The van der Waals surface area contributed by atoms with Gasteiger partial charge in [0.05, 0.1) is 0 Å². The lowest BCUT2D eigenvalue weighted by molar-refractivity contribution is -0.0322. The van der Waals surface area contributed by atoms with Crippen molar-refractivity contribution in [1.82, 2.24) is 5.06 Å². The smallest absolute Gasteiger partial charge is 0.147 e. The second-order valence-corrected chi connectivity index (χ2v) is 4.92. The van der Waals surface area contributed by atoms with Gasteiger partial charge in [0.15, 0.2) is 0 Å². The molecule has 0 unspecified atom stereocenters. The molecule has 2 rings (SSSR count). The topological polar surface area (TPSA) is 12.5 Å². The Bertz CT molecular complexity index is 484. The summed E-state index contributed by atoms with van der Waals surface area (Å²) in [4.78, 5) is 5.68. The summed E-state index contributed by atoms with van der Waals surface area (Å²) in [6.07, 6.45) is 2.13. The molecule has 0 saturated carbocycles. The number of benzene rings is 2. The monoisotopic (exact) mass is 275 g/mol. The Morgan fingerprint density at radius 2 is 1.68 bits per heavy atom. The van der Waals surface area contributed by atoms with Crippen molar-refractivity contribution >= 4 is 11.6 Å². The van der Waals surface area contributed by atoms with Crippen molar-refractivity contribution in [2.45, 2.75) is 12.8 Å². The molecule has 2 aromatic rings. The van der Waals surface area contributed by atoms with E-state index < -0.39 is 0 Å². The SMILES string of the molecule is CN(CCCc1ccccc1)Oc1ccc(Cl)cc1. The molecular weight excluding hydrogens is 258 g/mol. The first-order valence-corrected chi connectivity index (χ1v) is 6.80. The van der Waals surface area contributed by atoms with Gasteiger partial charge in [-0.3, -0.25) is 0 Å². The maximum Gasteiger partial charge on any atom is 0.147 e. The van der Waals surface area contributed by atoms with E-state index in [4.69, 9.17) is 16.4 Å². The molecule has 3 heteroatoms. The minimum atomic E-state index is 0.721. The van der Waals surface area contributed by atoms with Crippen molar-refractivity contribution in [2.24, 2.45) is 0 Å². The van der Waals surface area contributed by atoms with Crippen molar-refractivity contribution in [3.63, 3.8) is 0 Å². The Hall–Kier alpha value is -1.51. The zero-order valence-corrected chi connectivity index (χ0v) is 11.8. The highest BCUT2D eigenvalue weighted by molar-refractivity contribution is 6.30. The summed E-state index contributed by atoms with van der Waals surface area (Å²) < 4.78 is 0. The van der Waals surface area contributed by atoms with Gasteiger partial charge >= 0.3 is 0 Å². The largest absolute Gasteiger partial charge is 0.406 e. The van der Waals surface area contributed by atoms with Crippen LogP contribution in [0.5, 0.6) is 5.75 Å². The summed E-state index contributed by atoms with van der Waals surface area (Å²) in [5.74, 6) is 0.812. The van der Waals surface area contributed by atoms with Crippen LogP contribution in [0.1, 0.15) is 12.0 Å². The number of hydrogen-bond acceptors (Lipinski definition) is 2. The third-order valence-corrected chi connectivity index (χ3v) is 3.11. The van der Waals surface area contributed by atoms with Gasteiger partial charge in [-0.2, -0.15) is 0 Å². The number of hydrogen-bond donors (Lipinski definition) is 0. The van der Waals surface area contributed by atoms with Crippen LogP contribution in [0.15, 0.2) is 54.6 Å². The second kappa shape index (κ2) is 7.17. The van der Waals surface area contributed by atoms with E-state index in [1.165, 1.54) is 5.56 Å². The van der Waals surface area contributed by atoms with Crippen LogP contribution in [0.4, 0.5) is 0 Å². The summed E-state index contributed by atoms with van der Waals surface area (Å²) in [6.45, 7) is 0.886. The molecule has 0 amide bonds. The molecule has 0 atom stereocenters. The normalized spacial score (nSPS) is 10.7. The zero-order chi connectivity index (χ0) is 13.5. The molecule has 0 spiro atoms. The molecule has 0 N–H and O–H groups in total. The Morgan fingerprint density at radius 3 is 2.37 bits per heavy atom. The van der Waals surface area contributed by atoms with Gasteiger partial charge in [-0.15, -0.1) is 5.06 Å². The number of halogens is 1. The highest BCUT2D eigenvalue weighted by atomic mass is 35.5. The first kappa shape index (κ1) is 13.9. The van der Waals surface area contributed by atoms with Crippen molar-refractivity contribution in [3.05, 3.63) is 65.2 Å². The van der Waals surface area contributed by atoms with Crippen LogP contribution >= 0.6 is 11.6 Å². The second-order valence-electron chi connectivity index (χ2n) is 4.49. The number of hydroxylamine groups is 2. The fraction of sp³-hybridized carbons (Fsp3) is 0.250. The molecule has 19 heavy (non-hydrogen) atoms. The van der Waals surface area contributed by atoms with Crippen LogP contribution in [0, 0.1) is 0 Å². The third-order valence-electron chi connectivity index (χ3n) is 2.86. The standard InChI is InChI=1S/C16H18ClNO/c1-18(19-16-11-9-15(17)10-12-16)13-5-8-14-6-3-2-4-7-14/h2-4,6-7,9-12H,5,8,13H2,1H3. The lowest BCUT2D eigenvalue weighted by atomic mass is 10.1. The Labute approximate surface area is 119 Å². The van der Waals surface area contributed by atoms with Gasteiger partial charge in [-0.1, -0.05) is 41.9 Å². The van der Waals surface area contributed by atoms with Gasteiger partial charge < -0.3 is 4.84 Å². The van der Waals surface area contributed by atoms with E-state index >= 15 is 0 Å². The van der Waals surface area contributed by atoms with Crippen LogP contribution in [-0.4, -0.2) is 18.7 Å². The fourth-order valence-electron chi connectivity index (χ4n) is 1.87.